The van der Waals surface area contributed by atoms with Crippen molar-refractivity contribution in [2.45, 2.75) is 6.61 Å². The molecular formula is C25H19NO4. The maximum Gasteiger partial charge on any atom is 0.231 e. The molecule has 1 aliphatic heterocycles. The van der Waals surface area contributed by atoms with Crippen LogP contribution in [0.25, 0.3) is 17.0 Å². The van der Waals surface area contributed by atoms with Crippen LogP contribution < -0.4 is 14.2 Å². The number of hydrogen-bond donors (Lipinski definition) is 1. The van der Waals surface area contributed by atoms with Crippen LogP contribution in [0.5, 0.6) is 17.2 Å². The summed E-state index contributed by atoms with van der Waals surface area (Å²) >= 11 is 0. The first-order valence-electron chi connectivity index (χ1n) is 9.61. The summed E-state index contributed by atoms with van der Waals surface area (Å²) in [6.45, 7) is 0.391. The molecule has 1 aliphatic rings. The van der Waals surface area contributed by atoms with Gasteiger partial charge in [0.1, 0.15) is 23.9 Å². The number of hydrogen-bond acceptors (Lipinski definition) is 4. The van der Waals surface area contributed by atoms with Crippen molar-refractivity contribution in [1.82, 2.24) is 4.98 Å². The van der Waals surface area contributed by atoms with Crippen molar-refractivity contribution in [3.05, 3.63) is 95.4 Å². The Morgan fingerprint density at radius 3 is 2.80 bits per heavy atom. The fourth-order valence-corrected chi connectivity index (χ4v) is 3.54. The molecule has 148 valence electrons. The topological polar surface area (TPSA) is 60.6 Å². The van der Waals surface area contributed by atoms with E-state index in [9.17, 15) is 4.79 Å². The number of benzene rings is 3. The van der Waals surface area contributed by atoms with Gasteiger partial charge in [-0.2, -0.15) is 0 Å². The molecule has 0 radical (unpaired) electrons. The van der Waals surface area contributed by atoms with Crippen molar-refractivity contribution in [1.29, 1.82) is 0 Å². The Morgan fingerprint density at radius 2 is 1.90 bits per heavy atom. The minimum Gasteiger partial charge on any atom is -0.497 e. The highest BCUT2D eigenvalue weighted by atomic mass is 16.5. The summed E-state index contributed by atoms with van der Waals surface area (Å²) in [6.07, 6.45) is 3.65. The van der Waals surface area contributed by atoms with Crippen LogP contribution in [0.3, 0.4) is 0 Å². The van der Waals surface area contributed by atoms with Gasteiger partial charge < -0.3 is 19.2 Å². The van der Waals surface area contributed by atoms with E-state index in [1.807, 2.05) is 54.7 Å². The summed E-state index contributed by atoms with van der Waals surface area (Å²) in [4.78, 5) is 16.0. The molecular weight excluding hydrogens is 378 g/mol. The Morgan fingerprint density at radius 1 is 1.00 bits per heavy atom. The number of allylic oxidation sites excluding steroid dienone is 1. The van der Waals surface area contributed by atoms with Gasteiger partial charge >= 0.3 is 0 Å². The van der Waals surface area contributed by atoms with Crippen molar-refractivity contribution in [2.24, 2.45) is 0 Å². The Kier molecular flexibility index (Phi) is 4.48. The van der Waals surface area contributed by atoms with E-state index in [-0.39, 0.29) is 5.78 Å². The van der Waals surface area contributed by atoms with Gasteiger partial charge in [-0.3, -0.25) is 4.79 Å². The van der Waals surface area contributed by atoms with Crippen LogP contribution in [0, 0.1) is 0 Å². The molecule has 0 atom stereocenters. The van der Waals surface area contributed by atoms with Crippen molar-refractivity contribution in [3.8, 4) is 17.2 Å². The molecule has 0 spiro atoms. The van der Waals surface area contributed by atoms with E-state index in [0.29, 0.717) is 29.4 Å². The fraction of sp³-hybridized carbons (Fsp3) is 0.0800. The Balaban J connectivity index is 1.36. The lowest BCUT2D eigenvalue weighted by Gasteiger charge is -2.08. The fourth-order valence-electron chi connectivity index (χ4n) is 3.54. The van der Waals surface area contributed by atoms with Gasteiger partial charge in [0, 0.05) is 28.7 Å². The smallest absolute Gasteiger partial charge is 0.231 e. The van der Waals surface area contributed by atoms with Crippen LogP contribution in [0.15, 0.2) is 78.7 Å². The number of rotatable bonds is 5. The summed E-state index contributed by atoms with van der Waals surface area (Å²) in [5, 5.41) is 1.04. The number of methoxy groups -OCH3 is 1. The molecule has 0 bridgehead atoms. The van der Waals surface area contributed by atoms with Crippen LogP contribution in [-0.4, -0.2) is 17.9 Å². The second-order valence-corrected chi connectivity index (χ2v) is 7.03. The van der Waals surface area contributed by atoms with E-state index >= 15 is 0 Å². The lowest BCUT2D eigenvalue weighted by molar-refractivity contribution is 0.101. The van der Waals surface area contributed by atoms with E-state index in [0.717, 1.165) is 27.8 Å². The second kappa shape index (κ2) is 7.44. The molecule has 0 amide bonds. The first-order chi connectivity index (χ1) is 14.7. The van der Waals surface area contributed by atoms with E-state index in [1.54, 1.807) is 31.4 Å². The maximum absolute atomic E-state index is 12.8. The van der Waals surface area contributed by atoms with Gasteiger partial charge in [0.15, 0.2) is 5.76 Å². The molecule has 3 aromatic carbocycles. The van der Waals surface area contributed by atoms with Gasteiger partial charge in [-0.1, -0.05) is 30.3 Å². The number of aromatic amines is 1. The van der Waals surface area contributed by atoms with Gasteiger partial charge in [0.25, 0.3) is 0 Å². The normalized spacial score (nSPS) is 14.0. The Bertz CT molecular complexity index is 1290. The average molecular weight is 397 g/mol. The molecule has 0 saturated carbocycles. The summed E-state index contributed by atoms with van der Waals surface area (Å²) < 4.78 is 17.0. The third kappa shape index (κ3) is 3.31. The minimum atomic E-state index is -0.130. The molecule has 30 heavy (non-hydrogen) atoms. The van der Waals surface area contributed by atoms with Crippen LogP contribution in [0.4, 0.5) is 0 Å². The number of carbonyl (C=O) groups excluding carboxylic acids is 1. The Hall–Kier alpha value is -3.99. The largest absolute Gasteiger partial charge is 0.497 e. The van der Waals surface area contributed by atoms with Gasteiger partial charge in [0.05, 0.1) is 12.7 Å². The number of aromatic nitrogens is 1. The Labute approximate surface area is 173 Å². The molecule has 0 saturated heterocycles. The van der Waals surface area contributed by atoms with E-state index in [2.05, 4.69) is 4.98 Å². The predicted molar refractivity (Wildman–Crippen MR) is 115 cm³/mol. The van der Waals surface area contributed by atoms with Crippen molar-refractivity contribution in [2.75, 3.05) is 7.11 Å². The quantitative estimate of drug-likeness (QED) is 0.460. The van der Waals surface area contributed by atoms with Crippen molar-refractivity contribution < 1.29 is 19.0 Å². The second-order valence-electron chi connectivity index (χ2n) is 7.03. The van der Waals surface area contributed by atoms with Crippen LogP contribution in [-0.2, 0) is 6.61 Å². The number of ether oxygens (including phenoxy) is 3. The third-order valence-electron chi connectivity index (χ3n) is 5.09. The zero-order valence-corrected chi connectivity index (χ0v) is 16.3. The number of ketones is 1. The van der Waals surface area contributed by atoms with Gasteiger partial charge in [-0.15, -0.1) is 0 Å². The first kappa shape index (κ1) is 18.1. The van der Waals surface area contributed by atoms with Gasteiger partial charge in [-0.25, -0.2) is 0 Å². The third-order valence-corrected chi connectivity index (χ3v) is 5.09. The van der Waals surface area contributed by atoms with E-state index in [1.165, 1.54) is 0 Å². The zero-order valence-electron chi connectivity index (χ0n) is 16.3. The SMILES string of the molecule is COc1cccc(COc2ccc3c(c2)OC(=Cc2c[nH]c4ccccc24)C3=O)c1. The predicted octanol–water partition coefficient (Wildman–Crippen LogP) is 5.37. The highest BCUT2D eigenvalue weighted by Crippen LogP contribution is 2.35. The minimum absolute atomic E-state index is 0.130. The molecule has 0 aliphatic carbocycles. The van der Waals surface area contributed by atoms with Crippen LogP contribution in [0.2, 0.25) is 0 Å². The summed E-state index contributed by atoms with van der Waals surface area (Å²) in [7, 11) is 1.64. The average Bonchev–Trinajstić information content (AvgIpc) is 3.33. The highest BCUT2D eigenvalue weighted by molar-refractivity contribution is 6.15. The molecule has 5 nitrogen and oxygen atoms in total. The number of carbonyl (C=O) groups is 1. The lowest BCUT2D eigenvalue weighted by Crippen LogP contribution is -1.97. The molecule has 1 aromatic heterocycles. The van der Waals surface area contributed by atoms with Crippen molar-refractivity contribution in [3.63, 3.8) is 0 Å². The lowest BCUT2D eigenvalue weighted by atomic mass is 10.1. The number of para-hydroxylation sites is 1. The summed E-state index contributed by atoms with van der Waals surface area (Å²) in [5.74, 6) is 2.10. The zero-order chi connectivity index (χ0) is 20.5. The number of fused-ring (bicyclic) bond motifs is 2. The summed E-state index contributed by atoms with van der Waals surface area (Å²) in [5.41, 5.74) is 3.46. The molecule has 0 fully saturated rings. The van der Waals surface area contributed by atoms with Crippen molar-refractivity contribution >= 4 is 22.8 Å². The van der Waals surface area contributed by atoms with Gasteiger partial charge in [-0.05, 0) is 42.0 Å². The molecule has 5 heteroatoms. The molecule has 5 rings (SSSR count). The van der Waals surface area contributed by atoms with Gasteiger partial charge in [0.2, 0.25) is 5.78 Å². The van der Waals surface area contributed by atoms with Crippen LogP contribution in [0.1, 0.15) is 21.5 Å². The number of H-pyrrole nitrogens is 1. The first-order valence-corrected chi connectivity index (χ1v) is 9.61. The molecule has 4 aromatic rings. The van der Waals surface area contributed by atoms with E-state index in [4.69, 9.17) is 14.2 Å². The van der Waals surface area contributed by atoms with E-state index < -0.39 is 0 Å². The number of Topliss-reactive ketones (excluding diaryl/α,β-unsaturated/α-hetero) is 1. The number of nitrogens with one attached hydrogen (secondary N) is 1. The molecule has 0 unspecified atom stereocenters. The maximum atomic E-state index is 12.8. The highest BCUT2D eigenvalue weighted by Gasteiger charge is 2.28. The molecule has 2 heterocycles. The summed E-state index contributed by atoms with van der Waals surface area (Å²) in [6, 6.07) is 20.9. The monoisotopic (exact) mass is 397 g/mol. The van der Waals surface area contributed by atoms with Crippen LogP contribution >= 0.6 is 0 Å². The molecule has 1 N–H and O–H groups in total. The standard InChI is InChI=1S/C25H19NO4/c1-28-18-6-4-5-16(11-18)15-29-19-9-10-21-23(13-19)30-24(25(21)27)12-17-14-26-22-8-3-2-7-20(17)22/h2-14,26H,15H2,1H3.